The Morgan fingerprint density at radius 1 is 1.13 bits per heavy atom. The predicted octanol–water partition coefficient (Wildman–Crippen LogP) is 3.37. The number of hydrogen-bond acceptors (Lipinski definition) is 5. The molecule has 0 bridgehead atoms. The third-order valence-corrected chi connectivity index (χ3v) is 7.37. The van der Waals surface area contributed by atoms with Crippen LogP contribution in [0.4, 0.5) is 0 Å². The minimum absolute atomic E-state index is 0.157. The molecular weight excluding hydrogens is 461 g/mol. The molecule has 2 aromatic heterocycles. The summed E-state index contributed by atoms with van der Waals surface area (Å²) in [6.07, 6.45) is 1.42. The Hall–Kier alpha value is -2.46. The fourth-order valence-electron chi connectivity index (χ4n) is 3.46. The SMILES string of the molecule is CCn1c(Cn2cnc3c(Cl)cc(Cl)cc3c2=O)nc2cc(S(=O)(=O)N(C)C)ccc21. The molecule has 11 heteroatoms. The molecule has 2 aromatic carbocycles. The maximum Gasteiger partial charge on any atom is 0.261 e. The topological polar surface area (TPSA) is 90.1 Å². The molecule has 0 saturated carbocycles. The molecule has 0 aliphatic rings. The maximum absolute atomic E-state index is 13.0. The van der Waals surface area contributed by atoms with Crippen molar-refractivity contribution in [3.05, 3.63) is 62.9 Å². The van der Waals surface area contributed by atoms with Gasteiger partial charge in [0.1, 0.15) is 5.82 Å². The van der Waals surface area contributed by atoms with Crippen molar-refractivity contribution < 1.29 is 8.42 Å². The number of benzene rings is 2. The standard InChI is InChI=1S/C20H19Cl2N5O3S/c1-4-27-17-6-5-13(31(29,30)25(2)3)9-16(17)24-18(27)10-26-11-23-19-14(20(26)28)7-12(21)8-15(19)22/h5-9,11H,4,10H2,1-3H3. The molecule has 0 aliphatic heterocycles. The lowest BCUT2D eigenvalue weighted by atomic mass is 10.2. The van der Waals surface area contributed by atoms with Crippen LogP contribution in [0, 0.1) is 0 Å². The zero-order chi connectivity index (χ0) is 22.5. The molecule has 8 nitrogen and oxygen atoms in total. The van der Waals surface area contributed by atoms with Crippen molar-refractivity contribution in [2.24, 2.45) is 0 Å². The summed E-state index contributed by atoms with van der Waals surface area (Å²) in [5.74, 6) is 0.605. The van der Waals surface area contributed by atoms with Gasteiger partial charge in [-0.3, -0.25) is 9.36 Å². The van der Waals surface area contributed by atoms with Gasteiger partial charge in [0.05, 0.1) is 44.7 Å². The van der Waals surface area contributed by atoms with Gasteiger partial charge in [-0.1, -0.05) is 23.2 Å². The molecule has 0 aliphatic carbocycles. The van der Waals surface area contributed by atoms with Crippen molar-refractivity contribution in [3.63, 3.8) is 0 Å². The number of fused-ring (bicyclic) bond motifs is 2. The van der Waals surface area contributed by atoms with E-state index in [2.05, 4.69) is 9.97 Å². The Bertz CT molecular complexity index is 1490. The summed E-state index contributed by atoms with van der Waals surface area (Å²) < 4.78 is 29.5. The zero-order valence-corrected chi connectivity index (χ0v) is 19.3. The van der Waals surface area contributed by atoms with Gasteiger partial charge in [-0.05, 0) is 37.3 Å². The first-order valence-corrected chi connectivity index (χ1v) is 11.6. The Labute approximate surface area is 188 Å². The van der Waals surface area contributed by atoms with Gasteiger partial charge in [-0.15, -0.1) is 0 Å². The van der Waals surface area contributed by atoms with Crippen molar-refractivity contribution >= 4 is 55.2 Å². The van der Waals surface area contributed by atoms with Crippen molar-refractivity contribution in [1.82, 2.24) is 23.4 Å². The highest BCUT2D eigenvalue weighted by Crippen LogP contribution is 2.25. The van der Waals surface area contributed by atoms with Crippen LogP contribution in [-0.4, -0.2) is 45.9 Å². The summed E-state index contributed by atoms with van der Waals surface area (Å²) in [5.41, 5.74) is 1.41. The number of aryl methyl sites for hydroxylation is 1. The fraction of sp³-hybridized carbons (Fsp3) is 0.250. The van der Waals surface area contributed by atoms with Crippen molar-refractivity contribution in [3.8, 4) is 0 Å². The van der Waals surface area contributed by atoms with Crippen molar-refractivity contribution in [1.29, 1.82) is 0 Å². The highest BCUT2D eigenvalue weighted by atomic mass is 35.5. The molecule has 0 saturated heterocycles. The average Bonchev–Trinajstić information content (AvgIpc) is 3.06. The third-order valence-electron chi connectivity index (χ3n) is 5.05. The number of aromatic nitrogens is 4. The second-order valence-corrected chi connectivity index (χ2v) is 10.2. The molecule has 0 N–H and O–H groups in total. The van der Waals surface area contributed by atoms with E-state index in [1.807, 2.05) is 11.5 Å². The molecule has 4 rings (SSSR count). The average molecular weight is 480 g/mol. The van der Waals surface area contributed by atoms with E-state index in [1.54, 1.807) is 18.2 Å². The summed E-state index contributed by atoms with van der Waals surface area (Å²) in [4.78, 5) is 22.1. The molecule has 4 aromatic rings. The van der Waals surface area contributed by atoms with Gasteiger partial charge in [-0.2, -0.15) is 0 Å². The lowest BCUT2D eigenvalue weighted by Crippen LogP contribution is -2.23. The van der Waals surface area contributed by atoms with Gasteiger partial charge in [0, 0.05) is 25.7 Å². The molecule has 0 unspecified atom stereocenters. The van der Waals surface area contributed by atoms with E-state index in [-0.39, 0.29) is 17.0 Å². The summed E-state index contributed by atoms with van der Waals surface area (Å²) in [6, 6.07) is 7.91. The predicted molar refractivity (Wildman–Crippen MR) is 121 cm³/mol. The van der Waals surface area contributed by atoms with Crippen molar-refractivity contribution in [2.75, 3.05) is 14.1 Å². The van der Waals surface area contributed by atoms with E-state index in [4.69, 9.17) is 23.2 Å². The Morgan fingerprint density at radius 2 is 1.87 bits per heavy atom. The van der Waals surface area contributed by atoms with Gasteiger partial charge in [0.2, 0.25) is 10.0 Å². The van der Waals surface area contributed by atoms with E-state index in [9.17, 15) is 13.2 Å². The molecule has 0 amide bonds. The van der Waals surface area contributed by atoms with E-state index < -0.39 is 10.0 Å². The Balaban J connectivity index is 1.83. The number of rotatable bonds is 5. The van der Waals surface area contributed by atoms with Crippen LogP contribution in [0.1, 0.15) is 12.7 Å². The van der Waals surface area contributed by atoms with Crippen LogP contribution in [0.25, 0.3) is 21.9 Å². The van der Waals surface area contributed by atoms with Crippen LogP contribution >= 0.6 is 23.2 Å². The molecular formula is C20H19Cl2N5O3S. The largest absolute Gasteiger partial charge is 0.327 e. The molecule has 0 fully saturated rings. The lowest BCUT2D eigenvalue weighted by molar-refractivity contribution is 0.521. The lowest BCUT2D eigenvalue weighted by Gasteiger charge is -2.11. The van der Waals surface area contributed by atoms with E-state index in [1.165, 1.54) is 37.1 Å². The number of nitrogens with zero attached hydrogens (tertiary/aromatic N) is 5. The number of hydrogen-bond donors (Lipinski definition) is 0. The summed E-state index contributed by atoms with van der Waals surface area (Å²) in [7, 11) is -0.624. The van der Waals surface area contributed by atoms with Crippen molar-refractivity contribution in [2.45, 2.75) is 24.9 Å². The van der Waals surface area contributed by atoms with Gasteiger partial charge >= 0.3 is 0 Å². The number of halogens is 2. The molecule has 0 radical (unpaired) electrons. The number of sulfonamides is 1. The van der Waals surface area contributed by atoms with Crippen LogP contribution in [0.3, 0.4) is 0 Å². The monoisotopic (exact) mass is 479 g/mol. The van der Waals surface area contributed by atoms with Gasteiger partial charge in [0.15, 0.2) is 0 Å². The van der Waals surface area contributed by atoms with E-state index >= 15 is 0 Å². The van der Waals surface area contributed by atoms with Gasteiger partial charge in [0.25, 0.3) is 5.56 Å². The maximum atomic E-state index is 13.0. The molecule has 162 valence electrons. The smallest absolute Gasteiger partial charge is 0.261 e. The number of imidazole rings is 1. The van der Waals surface area contributed by atoms with E-state index in [0.717, 1.165) is 9.82 Å². The Kier molecular flexibility index (Phi) is 5.55. The zero-order valence-electron chi connectivity index (χ0n) is 17.0. The van der Waals surface area contributed by atoms with Crippen LogP contribution < -0.4 is 5.56 Å². The minimum Gasteiger partial charge on any atom is -0.327 e. The first kappa shape index (κ1) is 21.8. The second kappa shape index (κ2) is 7.90. The summed E-state index contributed by atoms with van der Waals surface area (Å²) in [6.45, 7) is 2.71. The molecule has 2 heterocycles. The van der Waals surface area contributed by atoms with Crippen LogP contribution in [-0.2, 0) is 23.1 Å². The second-order valence-electron chi connectivity index (χ2n) is 7.17. The Morgan fingerprint density at radius 3 is 2.55 bits per heavy atom. The highest BCUT2D eigenvalue weighted by Gasteiger charge is 2.20. The summed E-state index contributed by atoms with van der Waals surface area (Å²) >= 11 is 12.2. The van der Waals surface area contributed by atoms with Crippen LogP contribution in [0.15, 0.2) is 46.3 Å². The highest BCUT2D eigenvalue weighted by molar-refractivity contribution is 7.89. The quantitative estimate of drug-likeness (QED) is 0.437. The first-order valence-electron chi connectivity index (χ1n) is 9.39. The normalized spacial score (nSPS) is 12.3. The summed E-state index contributed by atoms with van der Waals surface area (Å²) in [5, 5.41) is 0.977. The van der Waals surface area contributed by atoms with Gasteiger partial charge in [-0.25, -0.2) is 22.7 Å². The van der Waals surface area contributed by atoms with Crippen LogP contribution in [0.5, 0.6) is 0 Å². The third kappa shape index (κ3) is 3.71. The molecule has 0 atom stereocenters. The van der Waals surface area contributed by atoms with Gasteiger partial charge < -0.3 is 4.57 Å². The van der Waals surface area contributed by atoms with E-state index in [0.29, 0.717) is 38.8 Å². The molecule has 31 heavy (non-hydrogen) atoms. The van der Waals surface area contributed by atoms with Crippen LogP contribution in [0.2, 0.25) is 10.0 Å². The fourth-order valence-corrected chi connectivity index (χ4v) is 4.93. The first-order chi connectivity index (χ1) is 14.6. The molecule has 0 spiro atoms. The minimum atomic E-state index is -3.58.